The summed E-state index contributed by atoms with van der Waals surface area (Å²) in [5.41, 5.74) is -0.189. The highest BCUT2D eigenvalue weighted by atomic mass is 35.5. The van der Waals surface area contributed by atoms with Crippen molar-refractivity contribution < 1.29 is 19.8 Å². The van der Waals surface area contributed by atoms with Crippen molar-refractivity contribution in [1.82, 2.24) is 14.7 Å². The van der Waals surface area contributed by atoms with Crippen LogP contribution in [0.2, 0.25) is 15.1 Å². The van der Waals surface area contributed by atoms with E-state index in [1.807, 2.05) is 6.07 Å². The van der Waals surface area contributed by atoms with Crippen molar-refractivity contribution in [3.8, 4) is 0 Å². The minimum Gasteiger partial charge on any atom is -0.395 e. The van der Waals surface area contributed by atoms with Gasteiger partial charge in [-0.3, -0.25) is 14.5 Å². The first-order chi connectivity index (χ1) is 18.0. The number of halogens is 3. The molecule has 0 radical (unpaired) electrons. The topological polar surface area (TPSA) is 96.4 Å². The predicted octanol–water partition coefficient (Wildman–Crippen LogP) is 3.82. The van der Waals surface area contributed by atoms with Crippen LogP contribution in [0.4, 0.5) is 5.69 Å². The van der Waals surface area contributed by atoms with Gasteiger partial charge in [0.25, 0.3) is 11.8 Å². The summed E-state index contributed by atoms with van der Waals surface area (Å²) in [5.74, 6) is -0.600. The number of rotatable bonds is 8. The van der Waals surface area contributed by atoms with Gasteiger partial charge in [0.05, 0.1) is 23.2 Å². The van der Waals surface area contributed by atoms with Crippen molar-refractivity contribution in [2.45, 2.75) is 37.5 Å². The molecular weight excluding hydrogens is 583 g/mol. The van der Waals surface area contributed by atoms with Gasteiger partial charge in [-0.05, 0) is 56.2 Å². The van der Waals surface area contributed by atoms with Gasteiger partial charge in [-0.15, -0.1) is 0 Å². The molecule has 2 aliphatic rings. The van der Waals surface area contributed by atoms with Crippen LogP contribution in [0, 0.1) is 0 Å². The van der Waals surface area contributed by atoms with E-state index in [0.717, 1.165) is 31.6 Å². The van der Waals surface area contributed by atoms with Crippen LogP contribution >= 0.6 is 48.3 Å². The number of aliphatic hydroxyl groups excluding tert-OH is 1. The third kappa shape index (κ3) is 7.14. The lowest BCUT2D eigenvalue weighted by atomic mass is 9.92. The van der Waals surface area contributed by atoms with Crippen LogP contribution in [0.25, 0.3) is 0 Å². The van der Waals surface area contributed by atoms with Crippen molar-refractivity contribution in [3.05, 3.63) is 62.6 Å². The van der Waals surface area contributed by atoms with E-state index in [-0.39, 0.29) is 44.5 Å². The molecule has 0 spiro atoms. The molecule has 3 N–H and O–H groups in total. The van der Waals surface area contributed by atoms with E-state index in [0.29, 0.717) is 45.3 Å². The molecule has 0 aromatic heterocycles. The quantitative estimate of drug-likeness (QED) is 0.417. The van der Waals surface area contributed by atoms with E-state index in [1.54, 1.807) is 36.2 Å². The van der Waals surface area contributed by atoms with Crippen molar-refractivity contribution in [1.29, 1.82) is 0 Å². The highest BCUT2D eigenvalue weighted by Gasteiger charge is 2.41. The fourth-order valence-electron chi connectivity index (χ4n) is 5.10. The van der Waals surface area contributed by atoms with Crippen LogP contribution in [-0.4, -0.2) is 95.2 Å². The first-order valence-electron chi connectivity index (χ1n) is 12.6. The Kier molecular flexibility index (Phi) is 10.8. The van der Waals surface area contributed by atoms with Crippen molar-refractivity contribution in [2.24, 2.45) is 0 Å². The summed E-state index contributed by atoms with van der Waals surface area (Å²) < 4.78 is 0. The minimum absolute atomic E-state index is 0. The predicted molar refractivity (Wildman–Crippen MR) is 160 cm³/mol. The first kappa shape index (κ1) is 31.8. The summed E-state index contributed by atoms with van der Waals surface area (Å²) in [6.45, 7) is 4.46. The molecule has 2 aromatic carbocycles. The van der Waals surface area contributed by atoms with Gasteiger partial charge in [0, 0.05) is 67.1 Å². The fraction of sp³-hybridized carbons (Fsp3) is 0.481. The van der Waals surface area contributed by atoms with Gasteiger partial charge in [-0.25, -0.2) is 0 Å². The second-order valence-corrected chi connectivity index (χ2v) is 11.4. The summed E-state index contributed by atoms with van der Waals surface area (Å²) in [4.78, 5) is 31.1. The molecule has 2 amide bonds. The zero-order valence-electron chi connectivity index (χ0n) is 22.0. The third-order valence-corrected chi connectivity index (χ3v) is 8.28. The average Bonchev–Trinajstić information content (AvgIpc) is 2.87. The molecule has 8 nitrogen and oxygen atoms in total. The number of nitrogens with one attached hydrogen (secondary N) is 1. The molecule has 2 aromatic rings. The molecule has 4 rings (SSSR count). The summed E-state index contributed by atoms with van der Waals surface area (Å²) in [6, 6.07) is 10.7. The number of benzene rings is 2. The number of nitrogens with zero attached hydrogens (tertiary/aromatic N) is 3. The second kappa shape index (κ2) is 13.3. The molecule has 0 bridgehead atoms. The zero-order valence-corrected chi connectivity index (χ0v) is 25.2. The van der Waals surface area contributed by atoms with Crippen molar-refractivity contribution in [2.75, 3.05) is 51.7 Å². The van der Waals surface area contributed by atoms with Gasteiger partial charge in [0.15, 0.2) is 5.60 Å². The number of carbonyl (C=O) groups excluding carboxylic acids is 2. The Labute approximate surface area is 251 Å². The van der Waals surface area contributed by atoms with E-state index in [1.165, 1.54) is 17.9 Å². The van der Waals surface area contributed by atoms with Crippen LogP contribution in [0.5, 0.6) is 0 Å². The number of carbonyl (C=O) groups is 2. The van der Waals surface area contributed by atoms with E-state index >= 15 is 0 Å². The van der Waals surface area contributed by atoms with Crippen LogP contribution < -0.4 is 5.32 Å². The molecule has 2 aliphatic heterocycles. The molecule has 12 heteroatoms. The van der Waals surface area contributed by atoms with Crippen LogP contribution in [0.1, 0.15) is 35.7 Å². The summed E-state index contributed by atoms with van der Waals surface area (Å²) >= 11 is 18.7. The van der Waals surface area contributed by atoms with E-state index in [9.17, 15) is 14.7 Å². The Bertz CT molecular complexity index is 1190. The zero-order chi connectivity index (χ0) is 27.6. The van der Waals surface area contributed by atoms with Crippen LogP contribution in [0.3, 0.4) is 0 Å². The third-order valence-electron chi connectivity index (χ3n) is 7.40. The lowest BCUT2D eigenvalue weighted by Crippen LogP contribution is -2.61. The molecule has 0 aliphatic carbocycles. The SMILES string of the molecule is CN(CCO)C(=O)c1ccc(NC2CN(C3CCN(C(=O)[C@@](C)(O)c4cc(Cl)ccc4Cl)CC3)C2)cc1Cl.S. The van der Waals surface area contributed by atoms with Gasteiger partial charge in [0.1, 0.15) is 0 Å². The van der Waals surface area contributed by atoms with Gasteiger partial charge in [-0.1, -0.05) is 34.8 Å². The Hall–Kier alpha value is -1.72. The monoisotopic (exact) mass is 616 g/mol. The van der Waals surface area contributed by atoms with E-state index < -0.39 is 5.60 Å². The number of hydrogen-bond acceptors (Lipinski definition) is 6. The molecule has 2 fully saturated rings. The number of aliphatic hydroxyl groups is 2. The molecule has 2 heterocycles. The molecular formula is C27H35Cl3N4O4S. The summed E-state index contributed by atoms with van der Waals surface area (Å²) in [5, 5.41) is 24.6. The second-order valence-electron chi connectivity index (χ2n) is 10.2. The maximum absolute atomic E-state index is 13.2. The van der Waals surface area contributed by atoms with E-state index in [2.05, 4.69) is 10.2 Å². The first-order valence-corrected chi connectivity index (χ1v) is 13.8. The molecule has 39 heavy (non-hydrogen) atoms. The maximum atomic E-state index is 13.2. The van der Waals surface area contributed by atoms with Gasteiger partial charge < -0.3 is 25.3 Å². The van der Waals surface area contributed by atoms with Crippen molar-refractivity contribution in [3.63, 3.8) is 0 Å². The number of likely N-dealkylation sites (tertiary alicyclic amines) is 2. The number of anilines is 1. The summed E-state index contributed by atoms with van der Waals surface area (Å²) in [6.07, 6.45) is 1.64. The Morgan fingerprint density at radius 3 is 2.36 bits per heavy atom. The smallest absolute Gasteiger partial charge is 0.258 e. The largest absolute Gasteiger partial charge is 0.395 e. The van der Waals surface area contributed by atoms with E-state index in [4.69, 9.17) is 39.9 Å². The Balaban J connectivity index is 0.00000420. The highest BCUT2D eigenvalue weighted by molar-refractivity contribution is 7.59. The number of likely N-dealkylation sites (N-methyl/N-ethyl adjacent to an activating group) is 1. The average molecular weight is 618 g/mol. The Morgan fingerprint density at radius 1 is 1.08 bits per heavy atom. The standard InChI is InChI=1S/C27H33Cl3N4O4.H2S/c1-27(38,22-13-17(28)3-6-23(22)29)26(37)33-9-7-20(8-10-33)34-15-19(16-34)31-18-4-5-21(24(30)14-18)25(36)32(2)11-12-35;/h3-6,13-14,19-20,31,35,38H,7-12,15-16H2,1-2H3;1H2/t27-;/m0./s1. The minimum atomic E-state index is -1.75. The number of amides is 2. The fourth-order valence-corrected chi connectivity index (χ4v) is 5.84. The van der Waals surface area contributed by atoms with Gasteiger partial charge in [-0.2, -0.15) is 13.5 Å². The lowest BCUT2D eigenvalue weighted by Gasteiger charge is -2.48. The highest BCUT2D eigenvalue weighted by Crippen LogP contribution is 2.33. The molecule has 0 saturated carbocycles. The van der Waals surface area contributed by atoms with Gasteiger partial charge in [0.2, 0.25) is 0 Å². The van der Waals surface area contributed by atoms with Gasteiger partial charge >= 0.3 is 0 Å². The lowest BCUT2D eigenvalue weighted by molar-refractivity contribution is -0.152. The molecule has 214 valence electrons. The van der Waals surface area contributed by atoms with Crippen molar-refractivity contribution >= 4 is 65.8 Å². The molecule has 1 atom stereocenters. The van der Waals surface area contributed by atoms with Crippen LogP contribution in [0.15, 0.2) is 36.4 Å². The number of hydrogen-bond donors (Lipinski definition) is 3. The molecule has 0 unspecified atom stereocenters. The summed E-state index contributed by atoms with van der Waals surface area (Å²) in [7, 11) is 1.63. The normalized spacial score (nSPS) is 18.1. The van der Waals surface area contributed by atoms with Crippen LogP contribution in [-0.2, 0) is 10.4 Å². The molecule has 2 saturated heterocycles. The number of piperidine rings is 1. The Morgan fingerprint density at radius 2 is 1.74 bits per heavy atom. The maximum Gasteiger partial charge on any atom is 0.258 e.